The van der Waals surface area contributed by atoms with Gasteiger partial charge in [0.05, 0.1) is 0 Å². The molecule has 20 heavy (non-hydrogen) atoms. The molecule has 1 fully saturated rings. The highest BCUT2D eigenvalue weighted by Gasteiger charge is 2.36. The molecule has 1 aliphatic carbocycles. The van der Waals surface area contributed by atoms with Crippen molar-refractivity contribution in [3.8, 4) is 0 Å². The standard InChI is InChI=1S/C17H26FNO/c1-17(2,3)15(10-11-20)19-16(12-4-5-12)13-6-8-14(18)9-7-13/h6-9,12,15-16,19-20H,4-5,10-11H2,1-3H3. The Bertz CT molecular complexity index is 420. The van der Waals surface area contributed by atoms with Gasteiger partial charge in [0.15, 0.2) is 0 Å². The largest absolute Gasteiger partial charge is 0.396 e. The number of rotatable bonds is 6. The molecule has 2 unspecified atom stereocenters. The van der Waals surface area contributed by atoms with E-state index >= 15 is 0 Å². The van der Waals surface area contributed by atoms with E-state index in [0.29, 0.717) is 5.92 Å². The first-order valence-corrected chi connectivity index (χ1v) is 7.54. The molecule has 0 amide bonds. The molecule has 2 N–H and O–H groups in total. The molecule has 1 saturated carbocycles. The molecule has 2 rings (SSSR count). The first-order valence-electron chi connectivity index (χ1n) is 7.54. The van der Waals surface area contributed by atoms with Crippen LogP contribution in [0.4, 0.5) is 4.39 Å². The number of nitrogens with one attached hydrogen (secondary N) is 1. The summed E-state index contributed by atoms with van der Waals surface area (Å²) in [5.74, 6) is 0.454. The van der Waals surface area contributed by atoms with Gasteiger partial charge in [-0.25, -0.2) is 4.39 Å². The molecule has 0 spiro atoms. The minimum absolute atomic E-state index is 0.0932. The molecule has 1 aromatic carbocycles. The predicted octanol–water partition coefficient (Wildman–Crippen LogP) is 3.66. The van der Waals surface area contributed by atoms with Crippen LogP contribution in [0.1, 0.15) is 51.6 Å². The third-order valence-corrected chi connectivity index (χ3v) is 4.17. The summed E-state index contributed by atoms with van der Waals surface area (Å²) in [5, 5.41) is 13.0. The highest BCUT2D eigenvalue weighted by Crippen LogP contribution is 2.42. The van der Waals surface area contributed by atoms with Crippen molar-refractivity contribution in [2.24, 2.45) is 11.3 Å². The Morgan fingerprint density at radius 1 is 1.25 bits per heavy atom. The summed E-state index contributed by atoms with van der Waals surface area (Å²) < 4.78 is 13.1. The second-order valence-corrected chi connectivity index (χ2v) is 6.96. The average Bonchev–Trinajstić information content (AvgIpc) is 3.19. The quantitative estimate of drug-likeness (QED) is 0.833. The summed E-state index contributed by atoms with van der Waals surface area (Å²) in [6, 6.07) is 7.35. The SMILES string of the molecule is CC(C)(C)C(CCO)NC(c1ccc(F)cc1)C1CC1. The lowest BCUT2D eigenvalue weighted by molar-refractivity contribution is 0.181. The minimum Gasteiger partial charge on any atom is -0.396 e. The fraction of sp³-hybridized carbons (Fsp3) is 0.647. The van der Waals surface area contributed by atoms with Crippen molar-refractivity contribution in [1.29, 1.82) is 0 Å². The summed E-state index contributed by atoms with van der Waals surface area (Å²) in [5.41, 5.74) is 1.25. The van der Waals surface area contributed by atoms with Gasteiger partial charge in [-0.2, -0.15) is 0 Å². The van der Waals surface area contributed by atoms with Crippen molar-refractivity contribution < 1.29 is 9.50 Å². The zero-order valence-electron chi connectivity index (χ0n) is 12.7. The molecule has 0 aromatic heterocycles. The van der Waals surface area contributed by atoms with Crippen LogP contribution in [0.5, 0.6) is 0 Å². The number of aliphatic hydroxyl groups excluding tert-OH is 1. The fourth-order valence-corrected chi connectivity index (χ4v) is 2.72. The van der Waals surface area contributed by atoms with Crippen molar-refractivity contribution in [3.63, 3.8) is 0 Å². The molecule has 0 radical (unpaired) electrons. The molecule has 3 heteroatoms. The van der Waals surface area contributed by atoms with Crippen LogP contribution < -0.4 is 5.32 Å². The lowest BCUT2D eigenvalue weighted by Crippen LogP contribution is -2.43. The van der Waals surface area contributed by atoms with Gasteiger partial charge in [0.2, 0.25) is 0 Å². The van der Waals surface area contributed by atoms with Gasteiger partial charge in [-0.3, -0.25) is 0 Å². The van der Waals surface area contributed by atoms with Gasteiger partial charge < -0.3 is 10.4 Å². The van der Waals surface area contributed by atoms with Crippen molar-refractivity contribution in [2.75, 3.05) is 6.61 Å². The normalized spacial score (nSPS) is 18.9. The first kappa shape index (κ1) is 15.5. The maximum absolute atomic E-state index is 13.1. The van der Waals surface area contributed by atoms with Crippen LogP contribution in [0.25, 0.3) is 0 Å². The molecule has 2 nitrogen and oxygen atoms in total. The number of aliphatic hydroxyl groups is 1. The van der Waals surface area contributed by atoms with E-state index in [2.05, 4.69) is 26.1 Å². The van der Waals surface area contributed by atoms with Crippen LogP contribution in [0.3, 0.4) is 0 Å². The lowest BCUT2D eigenvalue weighted by Gasteiger charge is -2.35. The van der Waals surface area contributed by atoms with Crippen LogP contribution in [0, 0.1) is 17.2 Å². The second kappa shape index (κ2) is 6.23. The highest BCUT2D eigenvalue weighted by atomic mass is 19.1. The highest BCUT2D eigenvalue weighted by molar-refractivity contribution is 5.22. The maximum atomic E-state index is 13.1. The second-order valence-electron chi connectivity index (χ2n) is 6.96. The molecular weight excluding hydrogens is 253 g/mol. The smallest absolute Gasteiger partial charge is 0.123 e. The molecule has 0 saturated heterocycles. The van der Waals surface area contributed by atoms with Gasteiger partial charge >= 0.3 is 0 Å². The van der Waals surface area contributed by atoms with Crippen LogP contribution in [0.2, 0.25) is 0 Å². The molecule has 1 aliphatic rings. The van der Waals surface area contributed by atoms with Gasteiger partial charge in [0.1, 0.15) is 5.82 Å². The molecule has 0 aliphatic heterocycles. The molecular formula is C17H26FNO. The Morgan fingerprint density at radius 3 is 2.30 bits per heavy atom. The molecule has 1 aromatic rings. The predicted molar refractivity (Wildman–Crippen MR) is 79.9 cm³/mol. The van der Waals surface area contributed by atoms with E-state index in [0.717, 1.165) is 12.0 Å². The van der Waals surface area contributed by atoms with Crippen LogP contribution >= 0.6 is 0 Å². The fourth-order valence-electron chi connectivity index (χ4n) is 2.72. The summed E-state index contributed by atoms with van der Waals surface area (Å²) in [7, 11) is 0. The van der Waals surface area contributed by atoms with Gasteiger partial charge in [-0.1, -0.05) is 32.9 Å². The number of hydrogen-bond donors (Lipinski definition) is 2. The van der Waals surface area contributed by atoms with Gasteiger partial charge in [-0.15, -0.1) is 0 Å². The number of hydrogen-bond acceptors (Lipinski definition) is 2. The van der Waals surface area contributed by atoms with Crippen LogP contribution in [-0.4, -0.2) is 17.8 Å². The molecule has 0 heterocycles. The summed E-state index contributed by atoms with van der Waals surface area (Å²) in [4.78, 5) is 0. The van der Waals surface area contributed by atoms with Crippen molar-refractivity contribution >= 4 is 0 Å². The third kappa shape index (κ3) is 4.03. The Kier molecular flexibility index (Phi) is 4.82. The zero-order chi connectivity index (χ0) is 14.8. The van der Waals surface area contributed by atoms with Crippen molar-refractivity contribution in [2.45, 2.75) is 52.1 Å². The van der Waals surface area contributed by atoms with E-state index < -0.39 is 0 Å². The van der Waals surface area contributed by atoms with Crippen LogP contribution in [0.15, 0.2) is 24.3 Å². The Morgan fingerprint density at radius 2 is 1.85 bits per heavy atom. The van der Waals surface area contributed by atoms with Crippen molar-refractivity contribution in [3.05, 3.63) is 35.6 Å². The van der Waals surface area contributed by atoms with E-state index in [4.69, 9.17) is 0 Å². The van der Waals surface area contributed by atoms with E-state index in [-0.39, 0.29) is 29.9 Å². The zero-order valence-corrected chi connectivity index (χ0v) is 12.7. The molecule has 2 atom stereocenters. The monoisotopic (exact) mass is 279 g/mol. The number of halogens is 1. The number of benzene rings is 1. The van der Waals surface area contributed by atoms with E-state index in [1.165, 1.54) is 25.0 Å². The minimum atomic E-state index is -0.189. The Balaban J connectivity index is 2.14. The van der Waals surface area contributed by atoms with Gasteiger partial charge in [-0.05, 0) is 48.3 Å². The molecule has 0 bridgehead atoms. The van der Waals surface area contributed by atoms with E-state index in [9.17, 15) is 9.50 Å². The molecule has 112 valence electrons. The van der Waals surface area contributed by atoms with E-state index in [1.54, 1.807) is 0 Å². The summed E-state index contributed by atoms with van der Waals surface area (Å²) >= 11 is 0. The first-order chi connectivity index (χ1) is 9.41. The topological polar surface area (TPSA) is 32.3 Å². The van der Waals surface area contributed by atoms with E-state index in [1.807, 2.05) is 12.1 Å². The maximum Gasteiger partial charge on any atom is 0.123 e. The van der Waals surface area contributed by atoms with Crippen molar-refractivity contribution in [1.82, 2.24) is 5.32 Å². The Hall–Kier alpha value is -0.930. The third-order valence-electron chi connectivity index (χ3n) is 4.17. The van der Waals surface area contributed by atoms with Gasteiger partial charge in [0.25, 0.3) is 0 Å². The summed E-state index contributed by atoms with van der Waals surface area (Å²) in [6.07, 6.45) is 3.20. The Labute approximate surface area is 121 Å². The average molecular weight is 279 g/mol. The lowest BCUT2D eigenvalue weighted by atomic mass is 9.83. The van der Waals surface area contributed by atoms with Crippen LogP contribution in [-0.2, 0) is 0 Å². The van der Waals surface area contributed by atoms with Gasteiger partial charge in [0, 0.05) is 18.7 Å². The summed E-state index contributed by atoms with van der Waals surface area (Å²) in [6.45, 7) is 6.76.